The van der Waals surface area contributed by atoms with E-state index in [1.165, 1.54) is 46.6 Å². The number of carbonyl (C=O) groups is 1. The second-order valence-electron chi connectivity index (χ2n) is 5.16. The molecule has 6 nitrogen and oxygen atoms in total. The molecule has 0 spiro atoms. The lowest BCUT2D eigenvalue weighted by Gasteiger charge is -2.11. The highest BCUT2D eigenvalue weighted by atomic mass is 19.1. The lowest BCUT2D eigenvalue weighted by atomic mass is 10.0. The van der Waals surface area contributed by atoms with Crippen molar-refractivity contribution >= 4 is 11.9 Å². The molecule has 0 heterocycles. The Kier molecular flexibility index (Phi) is 6.06. The Labute approximate surface area is 150 Å². The van der Waals surface area contributed by atoms with Crippen molar-refractivity contribution in [3.8, 4) is 28.7 Å². The Hall–Kier alpha value is -3.22. The number of rotatable bonds is 7. The maximum atomic E-state index is 14.5. The van der Waals surface area contributed by atoms with Gasteiger partial charge in [-0.3, -0.25) is 4.79 Å². The quantitative estimate of drug-likeness (QED) is 0.599. The number of ether oxygens (including phenoxy) is 4. The fourth-order valence-corrected chi connectivity index (χ4v) is 2.36. The minimum atomic E-state index is -1.07. The largest absolute Gasteiger partial charge is 0.507 e. The third-order valence-corrected chi connectivity index (χ3v) is 3.66. The first-order valence-electron chi connectivity index (χ1n) is 7.54. The summed E-state index contributed by atoms with van der Waals surface area (Å²) in [5.41, 5.74) is 0.1000. The first-order valence-corrected chi connectivity index (χ1v) is 7.54. The van der Waals surface area contributed by atoms with Gasteiger partial charge in [0.05, 0.1) is 28.4 Å². The number of phenolic OH excluding ortho intramolecular Hbond substituents is 1. The molecule has 26 heavy (non-hydrogen) atoms. The monoisotopic (exact) mass is 362 g/mol. The molecule has 2 aromatic carbocycles. The fraction of sp³-hybridized carbons (Fsp3) is 0.211. The van der Waals surface area contributed by atoms with Gasteiger partial charge in [0, 0.05) is 12.1 Å². The predicted molar refractivity (Wildman–Crippen MR) is 94.2 cm³/mol. The summed E-state index contributed by atoms with van der Waals surface area (Å²) in [6, 6.07) is 7.28. The van der Waals surface area contributed by atoms with Crippen LogP contribution in [0.5, 0.6) is 28.7 Å². The van der Waals surface area contributed by atoms with E-state index in [1.54, 1.807) is 12.1 Å². The Morgan fingerprint density at radius 3 is 2.15 bits per heavy atom. The molecule has 0 aliphatic heterocycles. The van der Waals surface area contributed by atoms with E-state index in [0.717, 1.165) is 6.08 Å². The van der Waals surface area contributed by atoms with Crippen molar-refractivity contribution in [1.82, 2.24) is 0 Å². The smallest absolute Gasteiger partial charge is 0.228 e. The number of ketones is 1. The van der Waals surface area contributed by atoms with Crippen LogP contribution in [0, 0.1) is 0 Å². The SMILES string of the molecule is COc1cc(O)c(C(=O)/C(F)=C/c2ccc(OC)c(OC)c2)c(OC)c1. The number of phenols is 1. The lowest BCUT2D eigenvalue weighted by Crippen LogP contribution is -2.04. The van der Waals surface area contributed by atoms with Gasteiger partial charge < -0.3 is 24.1 Å². The number of benzene rings is 2. The molecule has 0 fully saturated rings. The molecule has 0 unspecified atom stereocenters. The van der Waals surface area contributed by atoms with Gasteiger partial charge in [0.15, 0.2) is 17.3 Å². The van der Waals surface area contributed by atoms with Gasteiger partial charge in [-0.2, -0.15) is 0 Å². The van der Waals surface area contributed by atoms with Crippen LogP contribution in [0.3, 0.4) is 0 Å². The van der Waals surface area contributed by atoms with Crippen LogP contribution in [0.2, 0.25) is 0 Å². The topological polar surface area (TPSA) is 74.2 Å². The minimum Gasteiger partial charge on any atom is -0.507 e. The van der Waals surface area contributed by atoms with E-state index in [-0.39, 0.29) is 17.1 Å². The highest BCUT2D eigenvalue weighted by Gasteiger charge is 2.23. The van der Waals surface area contributed by atoms with Crippen LogP contribution in [0.1, 0.15) is 15.9 Å². The van der Waals surface area contributed by atoms with Crippen LogP contribution in [0.15, 0.2) is 36.2 Å². The summed E-state index contributed by atoms with van der Waals surface area (Å²) in [5, 5.41) is 10.1. The van der Waals surface area contributed by atoms with E-state index in [9.17, 15) is 14.3 Å². The van der Waals surface area contributed by atoms with Gasteiger partial charge in [-0.15, -0.1) is 0 Å². The first kappa shape index (κ1) is 19.1. The highest BCUT2D eigenvalue weighted by molar-refractivity contribution is 6.13. The number of aromatic hydroxyl groups is 1. The van der Waals surface area contributed by atoms with Crippen LogP contribution >= 0.6 is 0 Å². The third-order valence-electron chi connectivity index (χ3n) is 3.66. The summed E-state index contributed by atoms with van der Waals surface area (Å²) >= 11 is 0. The van der Waals surface area contributed by atoms with Gasteiger partial charge in [-0.1, -0.05) is 6.07 Å². The number of Topliss-reactive ketones (excluding diaryl/α,β-unsaturated/α-hetero) is 1. The van der Waals surface area contributed by atoms with Gasteiger partial charge in [-0.25, -0.2) is 4.39 Å². The van der Waals surface area contributed by atoms with Crippen LogP contribution in [0.4, 0.5) is 4.39 Å². The molecule has 0 atom stereocenters. The summed E-state index contributed by atoms with van der Waals surface area (Å²) < 4.78 is 34.8. The Balaban J connectivity index is 2.42. The zero-order valence-corrected chi connectivity index (χ0v) is 14.8. The van der Waals surface area contributed by atoms with Crippen LogP contribution in [-0.4, -0.2) is 39.3 Å². The van der Waals surface area contributed by atoms with E-state index in [0.29, 0.717) is 17.1 Å². The summed E-state index contributed by atoms with van der Waals surface area (Å²) in [4.78, 5) is 12.4. The Morgan fingerprint density at radius 1 is 0.923 bits per heavy atom. The minimum absolute atomic E-state index is 0.00251. The zero-order chi connectivity index (χ0) is 19.3. The molecule has 0 aliphatic rings. The molecule has 0 saturated carbocycles. The van der Waals surface area contributed by atoms with Crippen molar-refractivity contribution in [2.45, 2.75) is 0 Å². The molecule has 0 bridgehead atoms. The third kappa shape index (κ3) is 3.88. The summed E-state index contributed by atoms with van der Waals surface area (Å²) in [6.07, 6.45) is 1.04. The van der Waals surface area contributed by atoms with Crippen molar-refractivity contribution in [3.63, 3.8) is 0 Å². The molecule has 0 amide bonds. The van der Waals surface area contributed by atoms with Crippen LogP contribution < -0.4 is 18.9 Å². The van der Waals surface area contributed by atoms with Gasteiger partial charge >= 0.3 is 0 Å². The van der Waals surface area contributed by atoms with E-state index in [1.807, 2.05) is 0 Å². The van der Waals surface area contributed by atoms with Crippen molar-refractivity contribution < 1.29 is 33.2 Å². The molecular weight excluding hydrogens is 343 g/mol. The van der Waals surface area contributed by atoms with Gasteiger partial charge in [0.25, 0.3) is 0 Å². The van der Waals surface area contributed by atoms with Crippen LogP contribution in [0.25, 0.3) is 6.08 Å². The number of hydrogen-bond donors (Lipinski definition) is 1. The van der Waals surface area contributed by atoms with Gasteiger partial charge in [0.2, 0.25) is 5.78 Å². The number of allylic oxidation sites excluding steroid dienone is 1. The average Bonchev–Trinajstić information content (AvgIpc) is 2.66. The van der Waals surface area contributed by atoms with E-state index in [2.05, 4.69) is 0 Å². The molecule has 0 radical (unpaired) electrons. The zero-order valence-electron chi connectivity index (χ0n) is 14.8. The lowest BCUT2D eigenvalue weighted by molar-refractivity contribution is 0.100. The number of hydrogen-bond acceptors (Lipinski definition) is 6. The second-order valence-corrected chi connectivity index (χ2v) is 5.16. The predicted octanol–water partition coefficient (Wildman–Crippen LogP) is 3.62. The maximum Gasteiger partial charge on any atom is 0.228 e. The molecule has 0 aliphatic carbocycles. The summed E-state index contributed by atoms with van der Waals surface area (Å²) in [6.45, 7) is 0. The van der Waals surface area contributed by atoms with Crippen molar-refractivity contribution in [2.75, 3.05) is 28.4 Å². The van der Waals surface area contributed by atoms with Crippen molar-refractivity contribution in [2.24, 2.45) is 0 Å². The summed E-state index contributed by atoms with van der Waals surface area (Å²) in [7, 11) is 5.64. The molecule has 0 aromatic heterocycles. The van der Waals surface area contributed by atoms with Crippen molar-refractivity contribution in [3.05, 3.63) is 47.3 Å². The normalized spacial score (nSPS) is 11.0. The molecule has 138 valence electrons. The van der Waals surface area contributed by atoms with Gasteiger partial charge in [-0.05, 0) is 23.8 Å². The average molecular weight is 362 g/mol. The van der Waals surface area contributed by atoms with Crippen molar-refractivity contribution in [1.29, 1.82) is 0 Å². The second kappa shape index (κ2) is 8.24. The Morgan fingerprint density at radius 2 is 1.58 bits per heavy atom. The molecule has 7 heteroatoms. The van der Waals surface area contributed by atoms with Gasteiger partial charge in [0.1, 0.15) is 22.8 Å². The molecule has 2 aromatic rings. The number of methoxy groups -OCH3 is 4. The molecular formula is C19H19FO6. The maximum absolute atomic E-state index is 14.5. The number of halogens is 1. The fourth-order valence-electron chi connectivity index (χ4n) is 2.36. The van der Waals surface area contributed by atoms with E-state index < -0.39 is 17.4 Å². The molecule has 2 rings (SSSR count). The number of carbonyl (C=O) groups excluding carboxylic acids is 1. The van der Waals surface area contributed by atoms with E-state index >= 15 is 0 Å². The Bertz CT molecular complexity index is 844. The molecule has 0 saturated heterocycles. The summed E-state index contributed by atoms with van der Waals surface area (Å²) in [5.74, 6) is -1.38. The highest BCUT2D eigenvalue weighted by Crippen LogP contribution is 2.35. The molecule has 1 N–H and O–H groups in total. The first-order chi connectivity index (χ1) is 12.4. The van der Waals surface area contributed by atoms with Crippen LogP contribution in [-0.2, 0) is 0 Å². The standard InChI is InChI=1S/C19H19FO6/c1-23-12-9-14(21)18(17(10-12)26-4)19(22)13(20)7-11-5-6-15(24-2)16(8-11)25-3/h5-10,21H,1-4H3/b13-7-. The van der Waals surface area contributed by atoms with E-state index in [4.69, 9.17) is 18.9 Å².